The molecule has 0 fully saturated rings. The lowest BCUT2D eigenvalue weighted by Gasteiger charge is -2.06. The Hall–Kier alpha value is -0.450. The predicted molar refractivity (Wildman–Crippen MR) is 52.3 cm³/mol. The molecule has 0 amide bonds. The van der Waals surface area contributed by atoms with Crippen LogP contribution >= 0.6 is 22.6 Å². The first-order valence-corrected chi connectivity index (χ1v) is 4.24. The lowest BCUT2D eigenvalue weighted by atomic mass is 10.3. The summed E-state index contributed by atoms with van der Waals surface area (Å²) in [7, 11) is 3.30. The highest BCUT2D eigenvalue weighted by Gasteiger charge is 2.03. The minimum Gasteiger partial charge on any atom is -0.496 e. The number of methoxy groups -OCH3 is 2. The number of benzene rings is 1. The lowest BCUT2D eigenvalue weighted by molar-refractivity contribution is 0.389. The molecule has 1 aromatic rings. The molecule has 0 radical (unpaired) electrons. The Morgan fingerprint density at radius 2 is 1.55 bits per heavy atom. The minimum atomic E-state index is 0.852. The van der Waals surface area contributed by atoms with Gasteiger partial charge in [-0.05, 0) is 34.7 Å². The van der Waals surface area contributed by atoms with Crippen LogP contribution in [0, 0.1) is 3.57 Å². The Bertz CT molecular complexity index is 226. The van der Waals surface area contributed by atoms with Crippen LogP contribution in [0.15, 0.2) is 18.2 Å². The third kappa shape index (κ3) is 1.77. The molecule has 0 aliphatic rings. The smallest absolute Gasteiger partial charge is 0.135 e. The second-order valence-corrected chi connectivity index (χ2v) is 3.06. The summed E-state index contributed by atoms with van der Waals surface area (Å²) in [4.78, 5) is 0. The van der Waals surface area contributed by atoms with Crippen molar-refractivity contribution in [3.63, 3.8) is 0 Å². The second-order valence-electron chi connectivity index (χ2n) is 1.98. The van der Waals surface area contributed by atoms with Crippen LogP contribution in [0.2, 0.25) is 0 Å². The van der Waals surface area contributed by atoms with Crippen molar-refractivity contribution in [2.24, 2.45) is 0 Å². The van der Waals surface area contributed by atoms with Crippen LogP contribution < -0.4 is 9.47 Å². The number of halogens is 1. The van der Waals surface area contributed by atoms with Crippen molar-refractivity contribution in [1.29, 1.82) is 0 Å². The van der Waals surface area contributed by atoms with Gasteiger partial charge in [0, 0.05) is 0 Å². The van der Waals surface area contributed by atoms with Crippen molar-refractivity contribution in [3.05, 3.63) is 21.8 Å². The molecule has 0 unspecified atom stereocenters. The number of hydrogen-bond acceptors (Lipinski definition) is 2. The van der Waals surface area contributed by atoms with Crippen molar-refractivity contribution < 1.29 is 9.47 Å². The van der Waals surface area contributed by atoms with E-state index in [0.717, 1.165) is 15.1 Å². The van der Waals surface area contributed by atoms with Crippen molar-refractivity contribution in [2.75, 3.05) is 14.2 Å². The van der Waals surface area contributed by atoms with E-state index in [-0.39, 0.29) is 0 Å². The summed E-state index contributed by atoms with van der Waals surface area (Å²) >= 11 is 2.19. The highest BCUT2D eigenvalue weighted by Crippen LogP contribution is 2.28. The summed E-state index contributed by atoms with van der Waals surface area (Å²) in [5, 5.41) is 0. The molecule has 1 rings (SSSR count). The van der Waals surface area contributed by atoms with Crippen LogP contribution in [0.3, 0.4) is 0 Å². The van der Waals surface area contributed by atoms with Gasteiger partial charge in [0.25, 0.3) is 0 Å². The predicted octanol–water partition coefficient (Wildman–Crippen LogP) is 2.31. The quantitative estimate of drug-likeness (QED) is 0.763. The first-order valence-electron chi connectivity index (χ1n) is 3.16. The van der Waals surface area contributed by atoms with Crippen LogP contribution in [0.5, 0.6) is 11.5 Å². The third-order valence-electron chi connectivity index (χ3n) is 1.37. The van der Waals surface area contributed by atoms with Gasteiger partial charge in [-0.15, -0.1) is 0 Å². The van der Waals surface area contributed by atoms with Crippen LogP contribution in [0.4, 0.5) is 0 Å². The average molecular weight is 264 g/mol. The number of ether oxygens (including phenoxy) is 2. The Morgan fingerprint density at radius 1 is 1.09 bits per heavy atom. The summed E-state index contributed by atoms with van der Waals surface area (Å²) in [6.07, 6.45) is 0. The van der Waals surface area contributed by atoms with E-state index < -0.39 is 0 Å². The first-order chi connectivity index (χ1) is 5.29. The maximum atomic E-state index is 5.10. The first kappa shape index (κ1) is 8.64. The molecule has 0 atom stereocenters. The maximum absolute atomic E-state index is 5.10. The standard InChI is InChI=1S/C8H9IO2/c1-10-6-4-3-5-7(11-2)8(6)9/h3-5H,1-2H3. The molecule has 60 valence electrons. The average Bonchev–Trinajstić information content (AvgIpc) is 2.05. The fourth-order valence-electron chi connectivity index (χ4n) is 0.806. The molecule has 0 heterocycles. The van der Waals surface area contributed by atoms with Crippen molar-refractivity contribution in [2.45, 2.75) is 0 Å². The zero-order valence-corrected chi connectivity index (χ0v) is 8.58. The molecular weight excluding hydrogens is 255 g/mol. The largest absolute Gasteiger partial charge is 0.496 e. The molecule has 11 heavy (non-hydrogen) atoms. The van der Waals surface area contributed by atoms with Gasteiger partial charge in [0.15, 0.2) is 0 Å². The molecular formula is C8H9IO2. The number of hydrogen-bond donors (Lipinski definition) is 0. The molecule has 0 aliphatic carbocycles. The van der Waals surface area contributed by atoms with Crippen molar-refractivity contribution >= 4 is 22.6 Å². The zero-order chi connectivity index (χ0) is 8.27. The van der Waals surface area contributed by atoms with Crippen LogP contribution in [0.25, 0.3) is 0 Å². The Kier molecular flexibility index (Phi) is 2.99. The fraction of sp³-hybridized carbons (Fsp3) is 0.250. The fourth-order valence-corrected chi connectivity index (χ4v) is 1.61. The van der Waals surface area contributed by atoms with Gasteiger partial charge in [0.05, 0.1) is 17.8 Å². The van der Waals surface area contributed by atoms with Gasteiger partial charge in [-0.3, -0.25) is 0 Å². The summed E-state index contributed by atoms with van der Waals surface area (Å²) in [5.41, 5.74) is 0. The number of rotatable bonds is 2. The Labute approximate surface area is 79.7 Å². The van der Waals surface area contributed by atoms with Gasteiger partial charge in [0.2, 0.25) is 0 Å². The van der Waals surface area contributed by atoms with Gasteiger partial charge < -0.3 is 9.47 Å². The Balaban J connectivity index is 3.10. The molecule has 1 aromatic carbocycles. The zero-order valence-electron chi connectivity index (χ0n) is 6.43. The topological polar surface area (TPSA) is 18.5 Å². The molecule has 2 nitrogen and oxygen atoms in total. The maximum Gasteiger partial charge on any atom is 0.135 e. The van der Waals surface area contributed by atoms with E-state index in [9.17, 15) is 0 Å². The molecule has 0 saturated carbocycles. The summed E-state index contributed by atoms with van der Waals surface area (Å²) in [5.74, 6) is 1.70. The van der Waals surface area contributed by atoms with Crippen molar-refractivity contribution in [3.8, 4) is 11.5 Å². The summed E-state index contributed by atoms with van der Waals surface area (Å²) < 4.78 is 11.2. The minimum absolute atomic E-state index is 0.852. The van der Waals surface area contributed by atoms with E-state index in [0.29, 0.717) is 0 Å². The summed E-state index contributed by atoms with van der Waals surface area (Å²) in [6, 6.07) is 5.72. The van der Waals surface area contributed by atoms with Crippen LogP contribution in [-0.2, 0) is 0 Å². The van der Waals surface area contributed by atoms with Crippen LogP contribution in [0.1, 0.15) is 0 Å². The van der Waals surface area contributed by atoms with Gasteiger partial charge in [-0.1, -0.05) is 6.07 Å². The lowest BCUT2D eigenvalue weighted by Crippen LogP contribution is -1.90. The molecule has 0 N–H and O–H groups in total. The van der Waals surface area contributed by atoms with E-state index in [2.05, 4.69) is 22.6 Å². The highest BCUT2D eigenvalue weighted by atomic mass is 127. The Morgan fingerprint density at radius 3 is 1.91 bits per heavy atom. The normalized spacial score (nSPS) is 9.36. The SMILES string of the molecule is COc1cccc(OC)c1I. The summed E-state index contributed by atoms with van der Waals surface area (Å²) in [6.45, 7) is 0. The second kappa shape index (κ2) is 3.80. The van der Waals surface area contributed by atoms with E-state index in [1.54, 1.807) is 14.2 Å². The van der Waals surface area contributed by atoms with Gasteiger partial charge in [0.1, 0.15) is 11.5 Å². The van der Waals surface area contributed by atoms with Crippen molar-refractivity contribution in [1.82, 2.24) is 0 Å². The van der Waals surface area contributed by atoms with E-state index in [4.69, 9.17) is 9.47 Å². The highest BCUT2D eigenvalue weighted by molar-refractivity contribution is 14.1. The molecule has 0 aliphatic heterocycles. The molecule has 0 saturated heterocycles. The molecule has 0 bridgehead atoms. The molecule has 0 aromatic heterocycles. The van der Waals surface area contributed by atoms with E-state index in [1.165, 1.54) is 0 Å². The molecule has 3 heteroatoms. The molecule has 0 spiro atoms. The van der Waals surface area contributed by atoms with Gasteiger partial charge >= 0.3 is 0 Å². The van der Waals surface area contributed by atoms with E-state index >= 15 is 0 Å². The van der Waals surface area contributed by atoms with E-state index in [1.807, 2.05) is 18.2 Å². The van der Waals surface area contributed by atoms with Gasteiger partial charge in [-0.25, -0.2) is 0 Å². The van der Waals surface area contributed by atoms with Gasteiger partial charge in [-0.2, -0.15) is 0 Å². The third-order valence-corrected chi connectivity index (χ3v) is 2.43. The van der Waals surface area contributed by atoms with Crippen LogP contribution in [-0.4, -0.2) is 14.2 Å². The monoisotopic (exact) mass is 264 g/mol.